The van der Waals surface area contributed by atoms with E-state index in [1.54, 1.807) is 18.2 Å². The maximum Gasteiger partial charge on any atom is 0.330 e. The van der Waals surface area contributed by atoms with Gasteiger partial charge >= 0.3 is 5.69 Å². The van der Waals surface area contributed by atoms with Gasteiger partial charge in [0.1, 0.15) is 17.8 Å². The Balaban J connectivity index is 2.34. The highest BCUT2D eigenvalue weighted by atomic mass is 79.9. The van der Waals surface area contributed by atoms with E-state index in [4.69, 9.17) is 37.8 Å². The van der Waals surface area contributed by atoms with Gasteiger partial charge in [0.25, 0.3) is 5.56 Å². The van der Waals surface area contributed by atoms with Crippen molar-refractivity contribution in [3.8, 4) is 5.75 Å². The molecule has 0 aliphatic rings. The molecule has 24 heavy (non-hydrogen) atoms. The Morgan fingerprint density at radius 2 is 1.92 bits per heavy atom. The van der Waals surface area contributed by atoms with E-state index in [0.717, 1.165) is 0 Å². The Kier molecular flexibility index (Phi) is 6.88. The molecule has 2 aromatic rings. The summed E-state index contributed by atoms with van der Waals surface area (Å²) in [7, 11) is 0. The van der Waals surface area contributed by atoms with Gasteiger partial charge in [-0.15, -0.1) is 0 Å². The summed E-state index contributed by atoms with van der Waals surface area (Å²) in [5.74, 6) is 0.239. The monoisotopic (exact) mass is 438 g/mol. The van der Waals surface area contributed by atoms with Crippen LogP contribution in [0.4, 0.5) is 0 Å². The number of aliphatic hydroxyl groups excluding tert-OH is 1. The number of aromatic amines is 1. The van der Waals surface area contributed by atoms with Gasteiger partial charge in [-0.25, -0.2) is 4.79 Å². The second-order valence-electron chi connectivity index (χ2n) is 4.55. The van der Waals surface area contributed by atoms with Crippen LogP contribution in [0.15, 0.2) is 32.3 Å². The van der Waals surface area contributed by atoms with Crippen molar-refractivity contribution in [2.75, 3.05) is 13.2 Å². The van der Waals surface area contributed by atoms with Crippen LogP contribution in [0, 0.1) is 0 Å². The third-order valence-electron chi connectivity index (χ3n) is 2.97. The first kappa shape index (κ1) is 19.0. The molecule has 0 aliphatic carbocycles. The molecular formula is C14H13BrCl2N2O5. The molecule has 0 bridgehead atoms. The number of aliphatic hydroxyl groups is 1. The molecule has 1 aromatic carbocycles. The van der Waals surface area contributed by atoms with E-state index in [9.17, 15) is 9.59 Å². The molecule has 130 valence electrons. The highest BCUT2D eigenvalue weighted by Crippen LogP contribution is 2.33. The average Bonchev–Trinajstić information content (AvgIpc) is 2.53. The molecule has 0 unspecified atom stereocenters. The predicted molar refractivity (Wildman–Crippen MR) is 92.9 cm³/mol. The molecule has 0 atom stereocenters. The van der Waals surface area contributed by atoms with Gasteiger partial charge in [0.05, 0.1) is 29.0 Å². The number of nitrogens with one attached hydrogen (secondary N) is 1. The summed E-state index contributed by atoms with van der Waals surface area (Å²) in [6.45, 7) is -0.463. The zero-order valence-corrected chi connectivity index (χ0v) is 15.3. The van der Waals surface area contributed by atoms with Crippen molar-refractivity contribution >= 4 is 39.1 Å². The molecule has 0 saturated heterocycles. The number of hydrogen-bond donors (Lipinski definition) is 2. The normalized spacial score (nSPS) is 10.8. The Morgan fingerprint density at radius 3 is 2.54 bits per heavy atom. The molecule has 0 spiro atoms. The van der Waals surface area contributed by atoms with E-state index in [-0.39, 0.29) is 42.5 Å². The van der Waals surface area contributed by atoms with Crippen molar-refractivity contribution in [3.63, 3.8) is 0 Å². The van der Waals surface area contributed by atoms with Crippen molar-refractivity contribution < 1.29 is 14.6 Å². The van der Waals surface area contributed by atoms with E-state index in [2.05, 4.69) is 20.9 Å². The minimum atomic E-state index is -0.662. The molecule has 0 amide bonds. The molecule has 0 saturated carbocycles. The lowest BCUT2D eigenvalue weighted by molar-refractivity contribution is 0.0424. The standard InChI is InChI=1S/C14H13BrCl2N2O5/c15-11-10(6-24-12-8(16)2-1-3-9(12)17)19(7-23-5-4-20)14(22)18-13(11)21/h1-3,20H,4-7H2,(H,18,21,22). The third-order valence-corrected chi connectivity index (χ3v) is 4.39. The van der Waals surface area contributed by atoms with Crippen LogP contribution in [0.5, 0.6) is 5.75 Å². The van der Waals surface area contributed by atoms with Crippen molar-refractivity contribution in [1.29, 1.82) is 0 Å². The van der Waals surface area contributed by atoms with E-state index >= 15 is 0 Å². The minimum Gasteiger partial charge on any atom is -0.484 e. The SMILES string of the molecule is O=c1[nH]c(=O)n(COCCO)c(COc2c(Cl)cccc2Cl)c1Br. The quantitative estimate of drug-likeness (QED) is 0.644. The molecule has 7 nitrogen and oxygen atoms in total. The van der Waals surface area contributed by atoms with E-state index in [1.807, 2.05) is 0 Å². The van der Waals surface area contributed by atoms with Gasteiger partial charge < -0.3 is 14.6 Å². The van der Waals surface area contributed by atoms with Gasteiger partial charge in [-0.3, -0.25) is 14.3 Å². The average molecular weight is 440 g/mol. The minimum absolute atomic E-state index is 0.0415. The van der Waals surface area contributed by atoms with Crippen LogP contribution in [0.1, 0.15) is 5.69 Å². The van der Waals surface area contributed by atoms with Crippen molar-refractivity contribution in [1.82, 2.24) is 9.55 Å². The molecule has 0 aliphatic heterocycles. The second kappa shape index (κ2) is 8.68. The summed E-state index contributed by atoms with van der Waals surface area (Å²) in [5.41, 5.74) is -1.01. The van der Waals surface area contributed by atoms with Crippen LogP contribution in [0.3, 0.4) is 0 Å². The first-order chi connectivity index (χ1) is 11.5. The van der Waals surface area contributed by atoms with Gasteiger partial charge in [-0.2, -0.15) is 0 Å². The first-order valence-corrected chi connectivity index (χ1v) is 8.27. The summed E-state index contributed by atoms with van der Waals surface area (Å²) in [4.78, 5) is 25.9. The molecule has 0 fully saturated rings. The highest BCUT2D eigenvalue weighted by Gasteiger charge is 2.15. The summed E-state index contributed by atoms with van der Waals surface area (Å²) in [5, 5.41) is 9.36. The van der Waals surface area contributed by atoms with Gasteiger partial charge in [-0.1, -0.05) is 29.3 Å². The van der Waals surface area contributed by atoms with Crippen LogP contribution in [-0.2, 0) is 18.1 Å². The van der Waals surface area contributed by atoms with Crippen LogP contribution >= 0.6 is 39.1 Å². The third kappa shape index (κ3) is 4.40. The van der Waals surface area contributed by atoms with Gasteiger partial charge in [0, 0.05) is 0 Å². The summed E-state index contributed by atoms with van der Waals surface area (Å²) in [6, 6.07) is 4.87. The number of H-pyrrole nitrogens is 1. The zero-order chi connectivity index (χ0) is 17.7. The maximum atomic E-state index is 12.0. The molecular weight excluding hydrogens is 427 g/mol. The number of para-hydroxylation sites is 1. The number of ether oxygens (including phenoxy) is 2. The van der Waals surface area contributed by atoms with Crippen LogP contribution in [0.2, 0.25) is 10.0 Å². The predicted octanol–water partition coefficient (Wildman–Crippen LogP) is 2.15. The van der Waals surface area contributed by atoms with Crippen LogP contribution in [0.25, 0.3) is 0 Å². The number of halogens is 3. The maximum absolute atomic E-state index is 12.0. The lowest BCUT2D eigenvalue weighted by atomic mass is 10.3. The summed E-state index contributed by atoms with van der Waals surface area (Å²) >= 11 is 15.2. The summed E-state index contributed by atoms with van der Waals surface area (Å²) in [6.07, 6.45) is 0. The molecule has 1 heterocycles. The number of benzene rings is 1. The van der Waals surface area contributed by atoms with Crippen molar-refractivity contribution in [2.24, 2.45) is 0 Å². The fourth-order valence-electron chi connectivity index (χ4n) is 1.85. The van der Waals surface area contributed by atoms with E-state index < -0.39 is 11.2 Å². The fourth-order valence-corrected chi connectivity index (χ4v) is 2.78. The second-order valence-corrected chi connectivity index (χ2v) is 6.16. The van der Waals surface area contributed by atoms with Gasteiger partial charge in [-0.05, 0) is 28.1 Å². The molecule has 0 radical (unpaired) electrons. The molecule has 2 N–H and O–H groups in total. The number of hydrogen-bond acceptors (Lipinski definition) is 5. The topological polar surface area (TPSA) is 93.6 Å². The Labute approximate surface area is 154 Å². The Morgan fingerprint density at radius 1 is 1.25 bits per heavy atom. The van der Waals surface area contributed by atoms with E-state index in [1.165, 1.54) is 4.57 Å². The Hall–Kier alpha value is -1.32. The highest BCUT2D eigenvalue weighted by molar-refractivity contribution is 9.10. The van der Waals surface area contributed by atoms with Crippen molar-refractivity contribution in [2.45, 2.75) is 13.3 Å². The molecule has 10 heteroatoms. The molecule has 1 aromatic heterocycles. The first-order valence-electron chi connectivity index (χ1n) is 6.72. The summed E-state index contributed by atoms with van der Waals surface area (Å²) < 4.78 is 12.0. The molecule has 2 rings (SSSR count). The zero-order valence-electron chi connectivity index (χ0n) is 12.2. The number of aromatic nitrogens is 2. The van der Waals surface area contributed by atoms with Crippen LogP contribution in [-0.4, -0.2) is 27.9 Å². The van der Waals surface area contributed by atoms with Crippen molar-refractivity contribution in [3.05, 3.63) is 59.2 Å². The van der Waals surface area contributed by atoms with Gasteiger partial charge in [0.15, 0.2) is 5.75 Å². The fraction of sp³-hybridized carbons (Fsp3) is 0.286. The largest absolute Gasteiger partial charge is 0.484 e. The lowest BCUT2D eigenvalue weighted by Crippen LogP contribution is -2.35. The smallest absolute Gasteiger partial charge is 0.330 e. The number of rotatable bonds is 7. The number of nitrogens with zero attached hydrogens (tertiary/aromatic N) is 1. The van der Waals surface area contributed by atoms with Gasteiger partial charge in [0.2, 0.25) is 0 Å². The van der Waals surface area contributed by atoms with Crippen LogP contribution < -0.4 is 16.0 Å². The lowest BCUT2D eigenvalue weighted by Gasteiger charge is -2.15. The Bertz CT molecular complexity index is 817. The van der Waals surface area contributed by atoms with E-state index in [0.29, 0.717) is 10.0 Å².